The first-order valence-electron chi connectivity index (χ1n) is 3.89. The van der Waals surface area contributed by atoms with Crippen LogP contribution in [0, 0.1) is 0 Å². The van der Waals surface area contributed by atoms with Gasteiger partial charge in [0.15, 0.2) is 4.93 Å². The fourth-order valence-electron chi connectivity index (χ4n) is 1.11. The van der Waals surface area contributed by atoms with Gasteiger partial charge in [-0.2, -0.15) is 0 Å². The Morgan fingerprint density at radius 3 is 2.83 bits per heavy atom. The molecule has 1 atom stereocenters. The molecular formula is C8H14N2OS. The minimum absolute atomic E-state index is 0.277. The van der Waals surface area contributed by atoms with Gasteiger partial charge in [0, 0.05) is 19.9 Å². The van der Waals surface area contributed by atoms with Crippen molar-refractivity contribution >= 4 is 17.5 Å². The fourth-order valence-corrected chi connectivity index (χ4v) is 2.16. The largest absolute Gasteiger partial charge is 0.404 e. The Kier molecular flexibility index (Phi) is 2.80. The molecule has 0 radical (unpaired) electrons. The number of hydrogen-bond acceptors (Lipinski definition) is 4. The Balaban J connectivity index is 2.83. The SMILES string of the molecule is CCN=C1C(=CN)S[C@]1(C)OC. The first kappa shape index (κ1) is 9.61. The van der Waals surface area contributed by atoms with Crippen molar-refractivity contribution in [3.63, 3.8) is 0 Å². The first-order chi connectivity index (χ1) is 5.68. The molecule has 1 saturated heterocycles. The zero-order valence-electron chi connectivity index (χ0n) is 7.63. The molecule has 0 aromatic carbocycles. The number of thioether (sulfide) groups is 1. The van der Waals surface area contributed by atoms with Crippen LogP contribution in [0.25, 0.3) is 0 Å². The van der Waals surface area contributed by atoms with Crippen molar-refractivity contribution in [2.45, 2.75) is 18.8 Å². The monoisotopic (exact) mass is 186 g/mol. The number of nitrogens with two attached hydrogens (primary N) is 1. The van der Waals surface area contributed by atoms with Crippen LogP contribution < -0.4 is 5.73 Å². The zero-order chi connectivity index (χ0) is 9.19. The van der Waals surface area contributed by atoms with E-state index in [0.29, 0.717) is 0 Å². The Morgan fingerprint density at radius 1 is 1.75 bits per heavy atom. The van der Waals surface area contributed by atoms with Crippen molar-refractivity contribution in [1.82, 2.24) is 0 Å². The number of nitrogens with zero attached hydrogens (tertiary/aromatic N) is 1. The van der Waals surface area contributed by atoms with Gasteiger partial charge in [-0.3, -0.25) is 4.99 Å². The van der Waals surface area contributed by atoms with Gasteiger partial charge in [-0.05, 0) is 13.8 Å². The molecular weight excluding hydrogens is 172 g/mol. The van der Waals surface area contributed by atoms with Crippen LogP contribution in [0.1, 0.15) is 13.8 Å². The number of hydrogen-bond donors (Lipinski definition) is 1. The van der Waals surface area contributed by atoms with Gasteiger partial charge in [-0.1, -0.05) is 11.8 Å². The third-order valence-corrected chi connectivity index (χ3v) is 3.12. The van der Waals surface area contributed by atoms with Crippen LogP contribution in [-0.4, -0.2) is 24.3 Å². The first-order valence-corrected chi connectivity index (χ1v) is 4.71. The molecule has 0 bridgehead atoms. The lowest BCUT2D eigenvalue weighted by Gasteiger charge is -2.39. The maximum Gasteiger partial charge on any atom is 0.158 e. The summed E-state index contributed by atoms with van der Waals surface area (Å²) in [7, 11) is 1.69. The Bertz CT molecular complexity index is 237. The zero-order valence-corrected chi connectivity index (χ0v) is 8.44. The maximum absolute atomic E-state index is 5.41. The standard InChI is InChI=1S/C8H14N2OS/c1-4-10-7-6(5-9)12-8(7,2)11-3/h5H,4,9H2,1-3H3/t8-/m0/s1. The Hall–Kier alpha value is -0.480. The molecule has 12 heavy (non-hydrogen) atoms. The van der Waals surface area contributed by atoms with Gasteiger partial charge >= 0.3 is 0 Å². The number of ether oxygens (including phenoxy) is 1. The average Bonchev–Trinajstić information content (AvgIpc) is 2.09. The lowest BCUT2D eigenvalue weighted by atomic mass is 10.2. The van der Waals surface area contributed by atoms with E-state index in [1.807, 2.05) is 13.8 Å². The molecule has 0 spiro atoms. The molecule has 0 amide bonds. The second-order valence-corrected chi connectivity index (χ2v) is 4.03. The van der Waals surface area contributed by atoms with E-state index >= 15 is 0 Å². The predicted octanol–water partition coefficient (Wildman–Crippen LogP) is 1.36. The maximum atomic E-state index is 5.41. The quantitative estimate of drug-likeness (QED) is 0.708. The van der Waals surface area contributed by atoms with Crippen molar-refractivity contribution in [1.29, 1.82) is 0 Å². The number of methoxy groups -OCH3 is 1. The van der Waals surface area contributed by atoms with Gasteiger partial charge in [0.2, 0.25) is 0 Å². The Morgan fingerprint density at radius 2 is 2.42 bits per heavy atom. The summed E-state index contributed by atoms with van der Waals surface area (Å²) in [6.07, 6.45) is 1.58. The van der Waals surface area contributed by atoms with Crippen molar-refractivity contribution in [2.75, 3.05) is 13.7 Å². The van der Waals surface area contributed by atoms with E-state index in [4.69, 9.17) is 10.5 Å². The second kappa shape index (κ2) is 3.49. The van der Waals surface area contributed by atoms with Crippen molar-refractivity contribution < 1.29 is 4.74 Å². The third kappa shape index (κ3) is 1.36. The van der Waals surface area contributed by atoms with Gasteiger partial charge in [0.1, 0.15) is 0 Å². The van der Waals surface area contributed by atoms with Crippen LogP contribution in [0.4, 0.5) is 0 Å². The molecule has 0 aliphatic carbocycles. The summed E-state index contributed by atoms with van der Waals surface area (Å²) in [5.41, 5.74) is 6.38. The van der Waals surface area contributed by atoms with E-state index in [1.165, 1.54) is 0 Å². The molecule has 4 heteroatoms. The second-order valence-electron chi connectivity index (χ2n) is 2.61. The predicted molar refractivity (Wildman–Crippen MR) is 53.3 cm³/mol. The topological polar surface area (TPSA) is 47.6 Å². The third-order valence-electron chi connectivity index (χ3n) is 1.83. The van der Waals surface area contributed by atoms with E-state index in [2.05, 4.69) is 4.99 Å². The molecule has 0 saturated carbocycles. The van der Waals surface area contributed by atoms with Crippen LogP contribution in [0.2, 0.25) is 0 Å². The molecule has 3 nitrogen and oxygen atoms in total. The van der Waals surface area contributed by atoms with Gasteiger partial charge in [0.25, 0.3) is 0 Å². The van der Waals surface area contributed by atoms with Gasteiger partial charge < -0.3 is 10.5 Å². The molecule has 1 aliphatic rings. The molecule has 0 aromatic heterocycles. The molecule has 1 fully saturated rings. The normalized spacial score (nSPS) is 35.6. The van der Waals surface area contributed by atoms with E-state index in [0.717, 1.165) is 17.2 Å². The lowest BCUT2D eigenvalue weighted by Crippen LogP contribution is -2.44. The summed E-state index contributed by atoms with van der Waals surface area (Å²) in [6, 6.07) is 0. The highest BCUT2D eigenvalue weighted by atomic mass is 32.2. The summed E-state index contributed by atoms with van der Waals surface area (Å²) in [5.74, 6) is 0. The van der Waals surface area contributed by atoms with Crippen LogP contribution in [-0.2, 0) is 4.74 Å². The van der Waals surface area contributed by atoms with Gasteiger partial charge in [-0.15, -0.1) is 0 Å². The highest BCUT2D eigenvalue weighted by molar-refractivity contribution is 8.08. The molecule has 1 rings (SSSR count). The van der Waals surface area contributed by atoms with E-state index in [1.54, 1.807) is 25.1 Å². The summed E-state index contributed by atoms with van der Waals surface area (Å²) in [6.45, 7) is 4.77. The highest BCUT2D eigenvalue weighted by Gasteiger charge is 2.44. The van der Waals surface area contributed by atoms with E-state index in [-0.39, 0.29) is 4.93 Å². The van der Waals surface area contributed by atoms with Gasteiger partial charge in [-0.25, -0.2) is 0 Å². The fraction of sp³-hybridized carbons (Fsp3) is 0.625. The van der Waals surface area contributed by atoms with Crippen molar-refractivity contribution in [3.8, 4) is 0 Å². The van der Waals surface area contributed by atoms with Crippen molar-refractivity contribution in [2.24, 2.45) is 10.7 Å². The minimum atomic E-state index is -0.277. The van der Waals surface area contributed by atoms with E-state index < -0.39 is 0 Å². The van der Waals surface area contributed by atoms with E-state index in [9.17, 15) is 0 Å². The summed E-state index contributed by atoms with van der Waals surface area (Å²) < 4.78 is 5.31. The highest BCUT2D eigenvalue weighted by Crippen LogP contribution is 2.47. The molecule has 0 unspecified atom stereocenters. The molecule has 1 aliphatic heterocycles. The Labute approximate surface area is 77.1 Å². The number of aliphatic imine (C=N–C) groups is 1. The summed E-state index contributed by atoms with van der Waals surface area (Å²) >= 11 is 1.61. The number of rotatable bonds is 2. The van der Waals surface area contributed by atoms with Crippen molar-refractivity contribution in [3.05, 3.63) is 11.1 Å². The minimum Gasteiger partial charge on any atom is -0.404 e. The molecule has 68 valence electrons. The molecule has 1 heterocycles. The van der Waals surface area contributed by atoms with Crippen LogP contribution in [0.15, 0.2) is 16.1 Å². The van der Waals surface area contributed by atoms with Crippen LogP contribution in [0.3, 0.4) is 0 Å². The smallest absolute Gasteiger partial charge is 0.158 e. The lowest BCUT2D eigenvalue weighted by molar-refractivity contribution is 0.139. The summed E-state index contributed by atoms with van der Waals surface area (Å²) in [5, 5.41) is 0. The molecule has 0 aromatic rings. The average molecular weight is 186 g/mol. The molecule has 2 N–H and O–H groups in total. The van der Waals surface area contributed by atoms with Gasteiger partial charge in [0.05, 0.1) is 10.6 Å². The van der Waals surface area contributed by atoms with Crippen LogP contribution in [0.5, 0.6) is 0 Å². The van der Waals surface area contributed by atoms with Crippen LogP contribution >= 0.6 is 11.8 Å². The summed E-state index contributed by atoms with van der Waals surface area (Å²) in [4.78, 5) is 5.08.